The summed E-state index contributed by atoms with van der Waals surface area (Å²) in [5.41, 5.74) is 7.75. The maximum atomic E-state index is 12.1. The molecule has 5 heteroatoms. The van der Waals surface area contributed by atoms with Crippen LogP contribution in [0, 0.1) is 0 Å². The number of hydrogen-bond acceptors (Lipinski definition) is 3. The predicted molar refractivity (Wildman–Crippen MR) is 78.3 cm³/mol. The molecule has 0 aliphatic carbocycles. The molecule has 1 aromatic carbocycles. The molecule has 1 unspecified atom stereocenters. The molecule has 4 N–H and O–H groups in total. The van der Waals surface area contributed by atoms with Crippen molar-refractivity contribution in [3.63, 3.8) is 0 Å². The number of aliphatic hydroxyl groups excluding tert-OH is 1. The summed E-state index contributed by atoms with van der Waals surface area (Å²) in [6.45, 7) is -0.111. The minimum atomic E-state index is -0.318. The van der Waals surface area contributed by atoms with Crippen LogP contribution in [0.1, 0.15) is 16.1 Å². The topological polar surface area (TPSA) is 80.3 Å². The maximum Gasteiger partial charge on any atom is 0.268 e. The van der Waals surface area contributed by atoms with Crippen molar-refractivity contribution in [1.29, 1.82) is 0 Å². The fourth-order valence-corrected chi connectivity index (χ4v) is 2.13. The van der Waals surface area contributed by atoms with Gasteiger partial charge < -0.3 is 20.7 Å². The summed E-state index contributed by atoms with van der Waals surface area (Å²) in [4.78, 5) is 12.1. The highest BCUT2D eigenvalue weighted by molar-refractivity contribution is 5.94. The Kier molecular flexibility index (Phi) is 4.42. The molecule has 0 bridgehead atoms. The summed E-state index contributed by atoms with van der Waals surface area (Å²) in [7, 11) is 1.76. The number of rotatable bonds is 5. The Morgan fingerprint density at radius 2 is 2.10 bits per heavy atom. The number of carbonyl (C=O) groups excluding carboxylic acids is 1. The number of aromatic nitrogens is 1. The number of carbonyl (C=O) groups is 1. The highest BCUT2D eigenvalue weighted by Gasteiger charge is 2.16. The molecule has 0 aliphatic heterocycles. The summed E-state index contributed by atoms with van der Waals surface area (Å²) < 4.78 is 1.67. The van der Waals surface area contributed by atoms with Gasteiger partial charge in [-0.2, -0.15) is 0 Å². The number of hydrogen-bond donors (Lipinski definition) is 3. The number of nitrogens with two attached hydrogens (primary N) is 1. The van der Waals surface area contributed by atoms with E-state index in [0.29, 0.717) is 17.8 Å². The van der Waals surface area contributed by atoms with E-state index in [-0.39, 0.29) is 18.6 Å². The van der Waals surface area contributed by atoms with Gasteiger partial charge >= 0.3 is 0 Å². The van der Waals surface area contributed by atoms with E-state index in [4.69, 9.17) is 5.73 Å². The van der Waals surface area contributed by atoms with Crippen molar-refractivity contribution >= 4 is 11.6 Å². The smallest absolute Gasteiger partial charge is 0.268 e. The van der Waals surface area contributed by atoms with Crippen LogP contribution in [0.3, 0.4) is 0 Å². The van der Waals surface area contributed by atoms with Crippen molar-refractivity contribution in [3.8, 4) is 0 Å². The zero-order valence-electron chi connectivity index (χ0n) is 11.4. The molecule has 20 heavy (non-hydrogen) atoms. The molecule has 0 radical (unpaired) electrons. The third kappa shape index (κ3) is 3.39. The Balaban J connectivity index is 2.03. The van der Waals surface area contributed by atoms with Crippen molar-refractivity contribution in [2.24, 2.45) is 7.05 Å². The van der Waals surface area contributed by atoms with Crippen LogP contribution in [0.25, 0.3) is 0 Å². The number of nitrogens with zero attached hydrogens (tertiary/aromatic N) is 1. The van der Waals surface area contributed by atoms with E-state index in [2.05, 4.69) is 5.32 Å². The molecule has 0 saturated heterocycles. The van der Waals surface area contributed by atoms with Crippen LogP contribution < -0.4 is 11.1 Å². The van der Waals surface area contributed by atoms with E-state index >= 15 is 0 Å². The van der Waals surface area contributed by atoms with Gasteiger partial charge in [0.05, 0.1) is 18.3 Å². The lowest BCUT2D eigenvalue weighted by Gasteiger charge is -2.16. The average molecular weight is 273 g/mol. The van der Waals surface area contributed by atoms with E-state index in [0.717, 1.165) is 5.56 Å². The fraction of sp³-hybridized carbons (Fsp3) is 0.267. The number of aliphatic hydroxyl groups is 1. The van der Waals surface area contributed by atoms with Crippen LogP contribution in [0.4, 0.5) is 5.69 Å². The number of benzene rings is 1. The minimum absolute atomic E-state index is 0.111. The number of nitrogens with one attached hydrogen (secondary N) is 1. The van der Waals surface area contributed by atoms with E-state index < -0.39 is 0 Å². The predicted octanol–water partition coefficient (Wildman–Crippen LogP) is 0.941. The van der Waals surface area contributed by atoms with E-state index in [1.54, 1.807) is 23.9 Å². The Morgan fingerprint density at radius 1 is 1.40 bits per heavy atom. The van der Waals surface area contributed by atoms with Crippen molar-refractivity contribution < 1.29 is 9.90 Å². The fourth-order valence-electron chi connectivity index (χ4n) is 2.13. The van der Waals surface area contributed by atoms with Gasteiger partial charge in [-0.25, -0.2) is 0 Å². The molecule has 1 amide bonds. The van der Waals surface area contributed by atoms with Gasteiger partial charge in [0.25, 0.3) is 5.91 Å². The van der Waals surface area contributed by atoms with Crippen LogP contribution >= 0.6 is 0 Å². The summed E-state index contributed by atoms with van der Waals surface area (Å²) in [5, 5.41) is 12.2. The Bertz CT molecular complexity index is 578. The lowest BCUT2D eigenvalue weighted by atomic mass is 10.1. The molecule has 1 heterocycles. The van der Waals surface area contributed by atoms with Gasteiger partial charge in [-0.15, -0.1) is 0 Å². The Labute approximate surface area is 118 Å². The molecule has 2 aromatic rings. The highest BCUT2D eigenvalue weighted by Crippen LogP contribution is 2.09. The molecule has 1 atom stereocenters. The zero-order valence-corrected chi connectivity index (χ0v) is 11.4. The number of aryl methyl sites for hydroxylation is 1. The molecule has 106 valence electrons. The summed E-state index contributed by atoms with van der Waals surface area (Å²) in [6.07, 6.45) is 2.27. The maximum absolute atomic E-state index is 12.1. The average Bonchev–Trinajstić information content (AvgIpc) is 2.78. The molecule has 1 aromatic heterocycles. The normalized spacial score (nSPS) is 12.1. The molecule has 0 spiro atoms. The largest absolute Gasteiger partial charge is 0.397 e. The van der Waals surface area contributed by atoms with Gasteiger partial charge in [-0.1, -0.05) is 30.3 Å². The van der Waals surface area contributed by atoms with Gasteiger partial charge in [-0.05, 0) is 18.1 Å². The quantitative estimate of drug-likeness (QED) is 0.758. The Hall–Kier alpha value is -2.27. The number of nitrogen functional groups attached to an aromatic ring is 1. The van der Waals surface area contributed by atoms with Crippen LogP contribution in [0.15, 0.2) is 42.6 Å². The standard InChI is InChI=1S/C15H19N3O2/c1-18-9-12(16)8-14(18)15(20)17-13(10-19)7-11-5-3-2-4-6-11/h2-6,8-9,13,19H,7,10,16H2,1H3,(H,17,20). The summed E-state index contributed by atoms with van der Waals surface area (Å²) >= 11 is 0. The van der Waals surface area contributed by atoms with Crippen molar-refractivity contribution in [3.05, 3.63) is 53.9 Å². The molecular formula is C15H19N3O2. The summed E-state index contributed by atoms with van der Waals surface area (Å²) in [5.74, 6) is -0.237. The molecule has 0 saturated carbocycles. The monoisotopic (exact) mass is 273 g/mol. The first kappa shape index (κ1) is 14.1. The third-order valence-electron chi connectivity index (χ3n) is 3.14. The van der Waals surface area contributed by atoms with Crippen LogP contribution in [-0.4, -0.2) is 28.2 Å². The van der Waals surface area contributed by atoms with Crippen molar-refractivity contribution in [2.45, 2.75) is 12.5 Å². The lowest BCUT2D eigenvalue weighted by molar-refractivity contribution is 0.0908. The number of anilines is 1. The van der Waals surface area contributed by atoms with Crippen molar-refractivity contribution in [2.75, 3.05) is 12.3 Å². The molecule has 5 nitrogen and oxygen atoms in total. The molecule has 0 fully saturated rings. The zero-order chi connectivity index (χ0) is 14.5. The SMILES string of the molecule is Cn1cc(N)cc1C(=O)NC(CO)Cc1ccccc1. The Morgan fingerprint density at radius 3 is 2.65 bits per heavy atom. The molecular weight excluding hydrogens is 254 g/mol. The van der Waals surface area contributed by atoms with Crippen LogP contribution in [-0.2, 0) is 13.5 Å². The first-order chi connectivity index (χ1) is 9.60. The van der Waals surface area contributed by atoms with Gasteiger partial charge in [-0.3, -0.25) is 4.79 Å². The minimum Gasteiger partial charge on any atom is -0.397 e. The second-order valence-electron chi connectivity index (χ2n) is 4.81. The molecule has 0 aliphatic rings. The number of amides is 1. The van der Waals surface area contributed by atoms with Gasteiger partial charge in [0, 0.05) is 13.2 Å². The van der Waals surface area contributed by atoms with Gasteiger partial charge in [0.2, 0.25) is 0 Å². The second-order valence-corrected chi connectivity index (χ2v) is 4.81. The van der Waals surface area contributed by atoms with E-state index in [1.165, 1.54) is 0 Å². The highest BCUT2D eigenvalue weighted by atomic mass is 16.3. The van der Waals surface area contributed by atoms with Gasteiger partial charge in [0.15, 0.2) is 0 Å². The van der Waals surface area contributed by atoms with E-state index in [1.807, 2.05) is 30.3 Å². The molecule has 2 rings (SSSR count). The third-order valence-corrected chi connectivity index (χ3v) is 3.14. The summed E-state index contributed by atoms with van der Waals surface area (Å²) in [6, 6.07) is 11.0. The second kappa shape index (κ2) is 6.25. The van der Waals surface area contributed by atoms with Gasteiger partial charge in [0.1, 0.15) is 5.69 Å². The van der Waals surface area contributed by atoms with Crippen molar-refractivity contribution in [1.82, 2.24) is 9.88 Å². The van der Waals surface area contributed by atoms with Crippen LogP contribution in [0.5, 0.6) is 0 Å². The first-order valence-corrected chi connectivity index (χ1v) is 6.47. The van der Waals surface area contributed by atoms with Crippen LogP contribution in [0.2, 0.25) is 0 Å². The first-order valence-electron chi connectivity index (χ1n) is 6.47. The lowest BCUT2D eigenvalue weighted by Crippen LogP contribution is -2.39. The van der Waals surface area contributed by atoms with E-state index in [9.17, 15) is 9.90 Å².